The number of hydrogen-bond acceptors (Lipinski definition) is 7. The van der Waals surface area contributed by atoms with Crippen LogP contribution in [0.1, 0.15) is 40.4 Å². The highest BCUT2D eigenvalue weighted by atomic mass is 32.2. The molecule has 1 aromatic carbocycles. The van der Waals surface area contributed by atoms with Crippen LogP contribution in [-0.2, 0) is 10.1 Å². The molecule has 2 heterocycles. The monoisotopic (exact) mass is 469 g/mol. The molecule has 1 N–H and O–H groups in total. The molecule has 0 aliphatic carbocycles. The van der Waals surface area contributed by atoms with Crippen molar-refractivity contribution in [2.24, 2.45) is 0 Å². The lowest BCUT2D eigenvalue weighted by Gasteiger charge is -2.28. The molecule has 1 aliphatic rings. The molecule has 0 spiro atoms. The second-order valence-corrected chi connectivity index (χ2v) is 9.87. The van der Waals surface area contributed by atoms with Crippen molar-refractivity contribution in [3.05, 3.63) is 40.1 Å². The van der Waals surface area contributed by atoms with Crippen LogP contribution in [0.15, 0.2) is 29.6 Å². The predicted octanol–water partition coefficient (Wildman–Crippen LogP) is 3.44. The first-order chi connectivity index (χ1) is 14.8. The zero-order valence-corrected chi connectivity index (χ0v) is 19.4. The Balaban J connectivity index is 1.90. The molecule has 0 bridgehead atoms. The van der Waals surface area contributed by atoms with Gasteiger partial charge in [0.1, 0.15) is 0 Å². The number of carbonyl (C=O) groups is 1. The molecule has 10 heteroatoms. The van der Waals surface area contributed by atoms with E-state index in [1.54, 1.807) is 28.4 Å². The normalized spacial score (nSPS) is 18.8. The Hall–Kier alpha value is -2.30. The number of carbonyl (C=O) groups excluding carboxylic acids is 1. The third-order valence-corrected chi connectivity index (χ3v) is 7.34. The van der Waals surface area contributed by atoms with Crippen LogP contribution >= 0.6 is 11.3 Å². The fourth-order valence-corrected chi connectivity index (χ4v) is 5.59. The third-order valence-electron chi connectivity index (χ3n) is 5.53. The van der Waals surface area contributed by atoms with E-state index in [4.69, 9.17) is 18.8 Å². The van der Waals surface area contributed by atoms with Crippen LogP contribution < -0.4 is 14.2 Å². The second kappa shape index (κ2) is 9.88. The Bertz CT molecular complexity index is 980. The van der Waals surface area contributed by atoms with Crippen molar-refractivity contribution in [3.8, 4) is 17.2 Å². The lowest BCUT2D eigenvalue weighted by atomic mass is 9.94. The fraction of sp³-hybridized carbons (Fsp3) is 0.476. The molecule has 1 aromatic heterocycles. The maximum atomic E-state index is 13.5. The highest BCUT2D eigenvalue weighted by Gasteiger charge is 2.38. The van der Waals surface area contributed by atoms with E-state index in [1.165, 1.54) is 21.3 Å². The van der Waals surface area contributed by atoms with Gasteiger partial charge in [0.05, 0.1) is 27.1 Å². The highest BCUT2D eigenvalue weighted by molar-refractivity contribution is 7.85. The standard InChI is InChI=1S/C21H27NO7S2/c1-27-17-12-14(13-18(28-2)20(17)29-3)21(23)22-9-8-15(19-7-4-10-30-19)16(22)6-5-11-31(24,25)26/h4,7,10,12-13,15-16H,5-6,8-9,11H2,1-3H3,(H,24,25,26). The van der Waals surface area contributed by atoms with Crippen LogP contribution in [-0.4, -0.2) is 63.4 Å². The van der Waals surface area contributed by atoms with Gasteiger partial charge in [0.25, 0.3) is 16.0 Å². The van der Waals surface area contributed by atoms with Gasteiger partial charge in [0.2, 0.25) is 5.75 Å². The van der Waals surface area contributed by atoms with Gasteiger partial charge in [0, 0.05) is 28.9 Å². The predicted molar refractivity (Wildman–Crippen MR) is 118 cm³/mol. The SMILES string of the molecule is COc1cc(C(=O)N2CCC(c3cccs3)C2CCCS(=O)(=O)O)cc(OC)c1OC. The summed E-state index contributed by atoms with van der Waals surface area (Å²) in [6, 6.07) is 7.08. The maximum Gasteiger partial charge on any atom is 0.264 e. The Morgan fingerprint density at radius 1 is 1.19 bits per heavy atom. The molecule has 1 fully saturated rings. The van der Waals surface area contributed by atoms with E-state index in [-0.39, 0.29) is 30.0 Å². The zero-order chi connectivity index (χ0) is 22.6. The fourth-order valence-electron chi connectivity index (χ4n) is 4.14. The smallest absolute Gasteiger partial charge is 0.264 e. The molecular formula is C21H27NO7S2. The topological polar surface area (TPSA) is 102 Å². The third kappa shape index (κ3) is 5.31. The van der Waals surface area contributed by atoms with Gasteiger partial charge in [-0.2, -0.15) is 8.42 Å². The van der Waals surface area contributed by atoms with Crippen LogP contribution in [0.5, 0.6) is 17.2 Å². The minimum atomic E-state index is -4.05. The lowest BCUT2D eigenvalue weighted by molar-refractivity contribution is 0.0723. The minimum absolute atomic E-state index is 0.118. The van der Waals surface area contributed by atoms with Crippen molar-refractivity contribution in [1.82, 2.24) is 4.90 Å². The van der Waals surface area contributed by atoms with Crippen LogP contribution in [0.2, 0.25) is 0 Å². The number of likely N-dealkylation sites (tertiary alicyclic amines) is 1. The number of methoxy groups -OCH3 is 3. The first-order valence-corrected chi connectivity index (χ1v) is 12.4. The Labute approximate surface area is 186 Å². The van der Waals surface area contributed by atoms with Crippen molar-refractivity contribution in [2.45, 2.75) is 31.2 Å². The second-order valence-electron chi connectivity index (χ2n) is 7.32. The number of ether oxygens (including phenoxy) is 3. The summed E-state index contributed by atoms with van der Waals surface area (Å²) < 4.78 is 47.6. The van der Waals surface area contributed by atoms with Gasteiger partial charge in [-0.15, -0.1) is 11.3 Å². The van der Waals surface area contributed by atoms with Crippen molar-refractivity contribution in [1.29, 1.82) is 0 Å². The zero-order valence-electron chi connectivity index (χ0n) is 17.7. The molecule has 2 atom stereocenters. The molecule has 1 saturated heterocycles. The number of hydrogen-bond donors (Lipinski definition) is 1. The molecule has 1 aliphatic heterocycles. The molecule has 0 radical (unpaired) electrons. The van der Waals surface area contributed by atoms with Gasteiger partial charge in [0.15, 0.2) is 11.5 Å². The molecule has 170 valence electrons. The van der Waals surface area contributed by atoms with E-state index in [0.29, 0.717) is 35.8 Å². The largest absolute Gasteiger partial charge is 0.493 e. The maximum absolute atomic E-state index is 13.5. The summed E-state index contributed by atoms with van der Waals surface area (Å²) >= 11 is 1.63. The van der Waals surface area contributed by atoms with Crippen molar-refractivity contribution in [3.63, 3.8) is 0 Å². The average molecular weight is 470 g/mol. The summed E-state index contributed by atoms with van der Waals surface area (Å²) in [6.45, 7) is 0.550. The van der Waals surface area contributed by atoms with Crippen LogP contribution in [0.25, 0.3) is 0 Å². The van der Waals surface area contributed by atoms with E-state index in [2.05, 4.69) is 0 Å². The number of nitrogens with zero attached hydrogens (tertiary/aromatic N) is 1. The molecule has 0 saturated carbocycles. The van der Waals surface area contributed by atoms with Crippen molar-refractivity contribution >= 4 is 27.4 Å². The van der Waals surface area contributed by atoms with E-state index >= 15 is 0 Å². The Morgan fingerprint density at radius 3 is 2.39 bits per heavy atom. The van der Waals surface area contributed by atoms with E-state index < -0.39 is 10.1 Å². The number of amides is 1. The number of rotatable bonds is 9. The van der Waals surface area contributed by atoms with Gasteiger partial charge in [-0.3, -0.25) is 9.35 Å². The Kier molecular flexibility index (Phi) is 7.45. The Morgan fingerprint density at radius 2 is 1.87 bits per heavy atom. The molecule has 1 amide bonds. The van der Waals surface area contributed by atoms with Gasteiger partial charge < -0.3 is 19.1 Å². The molecule has 3 rings (SSSR count). The van der Waals surface area contributed by atoms with E-state index in [9.17, 15) is 13.2 Å². The van der Waals surface area contributed by atoms with Crippen molar-refractivity contribution < 1.29 is 32.0 Å². The van der Waals surface area contributed by atoms with Gasteiger partial charge in [-0.1, -0.05) is 6.07 Å². The minimum Gasteiger partial charge on any atom is -0.493 e. The van der Waals surface area contributed by atoms with Crippen LogP contribution in [0.4, 0.5) is 0 Å². The molecule has 2 unspecified atom stereocenters. The number of thiophene rings is 1. The summed E-state index contributed by atoms with van der Waals surface area (Å²) in [5.74, 6) is 0.795. The lowest BCUT2D eigenvalue weighted by Crippen LogP contribution is -2.37. The van der Waals surface area contributed by atoms with Gasteiger partial charge in [-0.25, -0.2) is 0 Å². The highest BCUT2D eigenvalue weighted by Crippen LogP contribution is 2.41. The van der Waals surface area contributed by atoms with Crippen molar-refractivity contribution in [2.75, 3.05) is 33.6 Å². The van der Waals surface area contributed by atoms with Gasteiger partial charge >= 0.3 is 0 Å². The summed E-state index contributed by atoms with van der Waals surface area (Å²) in [4.78, 5) is 16.4. The summed E-state index contributed by atoms with van der Waals surface area (Å²) in [5, 5.41) is 1.99. The molecule has 8 nitrogen and oxygen atoms in total. The first kappa shape index (κ1) is 23.4. The summed E-state index contributed by atoms with van der Waals surface area (Å²) in [7, 11) is 0.434. The number of benzene rings is 1. The van der Waals surface area contributed by atoms with E-state index in [1.807, 2.05) is 17.5 Å². The molecular weight excluding hydrogens is 442 g/mol. The summed E-state index contributed by atoms with van der Waals surface area (Å²) in [6.07, 6.45) is 1.52. The van der Waals surface area contributed by atoms with E-state index in [0.717, 1.165) is 11.3 Å². The quantitative estimate of drug-likeness (QED) is 0.561. The van der Waals surface area contributed by atoms with Crippen LogP contribution in [0, 0.1) is 0 Å². The molecule has 31 heavy (non-hydrogen) atoms. The van der Waals surface area contributed by atoms with Crippen LogP contribution in [0.3, 0.4) is 0 Å². The van der Waals surface area contributed by atoms with Gasteiger partial charge in [-0.05, 0) is 42.8 Å². The first-order valence-electron chi connectivity index (χ1n) is 9.88. The summed E-state index contributed by atoms with van der Waals surface area (Å²) in [5.41, 5.74) is 0.404. The molecule has 2 aromatic rings. The average Bonchev–Trinajstić information content (AvgIpc) is 3.41.